The summed E-state index contributed by atoms with van der Waals surface area (Å²) in [5.74, 6) is -0.281. The molecule has 2 N–H and O–H groups in total. The van der Waals surface area contributed by atoms with Crippen LogP contribution in [0.15, 0.2) is 75.9 Å². The Kier molecular flexibility index (Phi) is 3.47. The van der Waals surface area contributed by atoms with Gasteiger partial charge in [0.2, 0.25) is 0 Å². The summed E-state index contributed by atoms with van der Waals surface area (Å²) in [6.07, 6.45) is 0. The molecule has 0 bridgehead atoms. The first kappa shape index (κ1) is 15.0. The number of rotatable bonds is 2. The number of fused-ring (bicyclic) bond motifs is 3. The van der Waals surface area contributed by atoms with Gasteiger partial charge in [0.15, 0.2) is 0 Å². The van der Waals surface area contributed by atoms with Crippen molar-refractivity contribution >= 4 is 33.3 Å². The highest BCUT2D eigenvalue weighted by molar-refractivity contribution is 6.09. The topological polar surface area (TPSA) is 79.5 Å². The molecule has 1 heterocycles. The lowest BCUT2D eigenvalue weighted by Gasteiger charge is -2.07. The number of anilines is 1. The number of phenols is 1. The number of benzene rings is 3. The molecule has 0 aliphatic heterocycles. The van der Waals surface area contributed by atoms with Crippen molar-refractivity contribution in [2.45, 2.75) is 0 Å². The van der Waals surface area contributed by atoms with Crippen LogP contribution in [-0.4, -0.2) is 11.0 Å². The molecular weight excluding hydrogens is 318 g/mol. The van der Waals surface area contributed by atoms with Crippen LogP contribution in [0.3, 0.4) is 0 Å². The van der Waals surface area contributed by atoms with Gasteiger partial charge in [-0.3, -0.25) is 4.79 Å². The molecule has 0 saturated heterocycles. The molecule has 0 unspecified atom stereocenters. The number of aromatic hydroxyl groups is 1. The predicted octanol–water partition coefficient (Wildman–Crippen LogP) is 3.90. The molecular formula is C20H13NO4. The maximum atomic E-state index is 12.3. The molecule has 0 fully saturated rings. The number of phenolic OH excluding ortho intramolecular Hbond substituents is 1. The van der Waals surface area contributed by atoms with Crippen LogP contribution in [0.2, 0.25) is 0 Å². The van der Waals surface area contributed by atoms with Gasteiger partial charge in [0, 0.05) is 10.9 Å². The second-order valence-electron chi connectivity index (χ2n) is 5.65. The first-order valence-electron chi connectivity index (χ1n) is 7.68. The zero-order valence-electron chi connectivity index (χ0n) is 13.0. The molecule has 5 nitrogen and oxygen atoms in total. The summed E-state index contributed by atoms with van der Waals surface area (Å²) in [4.78, 5) is 24.5. The van der Waals surface area contributed by atoms with Crippen molar-refractivity contribution in [3.8, 4) is 5.75 Å². The number of amides is 1. The molecule has 0 atom stereocenters. The first-order chi connectivity index (χ1) is 12.1. The molecule has 5 heteroatoms. The molecule has 1 aromatic heterocycles. The minimum absolute atomic E-state index is 0.0530. The summed E-state index contributed by atoms with van der Waals surface area (Å²) in [5.41, 5.74) is 0.256. The van der Waals surface area contributed by atoms with Crippen LogP contribution in [-0.2, 0) is 0 Å². The Balaban J connectivity index is 1.85. The van der Waals surface area contributed by atoms with E-state index in [9.17, 15) is 14.7 Å². The Morgan fingerprint density at radius 2 is 1.68 bits per heavy atom. The maximum absolute atomic E-state index is 12.3. The van der Waals surface area contributed by atoms with Gasteiger partial charge >= 0.3 is 5.63 Å². The third kappa shape index (κ3) is 2.72. The zero-order chi connectivity index (χ0) is 17.4. The van der Waals surface area contributed by atoms with E-state index in [-0.39, 0.29) is 11.4 Å². The average molecular weight is 331 g/mol. The van der Waals surface area contributed by atoms with Crippen LogP contribution < -0.4 is 10.9 Å². The second kappa shape index (κ2) is 5.79. The highest BCUT2D eigenvalue weighted by atomic mass is 16.4. The van der Waals surface area contributed by atoms with Crippen LogP contribution in [0.1, 0.15) is 10.4 Å². The van der Waals surface area contributed by atoms with Crippen LogP contribution in [0.5, 0.6) is 5.75 Å². The average Bonchev–Trinajstić information content (AvgIpc) is 2.63. The van der Waals surface area contributed by atoms with Crippen molar-refractivity contribution < 1.29 is 14.3 Å². The summed E-state index contributed by atoms with van der Waals surface area (Å²) in [5, 5.41) is 14.6. The molecule has 0 saturated carbocycles. The number of hydrogen-bond donors (Lipinski definition) is 2. The molecule has 0 radical (unpaired) electrons. The quantitative estimate of drug-likeness (QED) is 0.431. The molecule has 122 valence electrons. The van der Waals surface area contributed by atoms with Crippen LogP contribution in [0.25, 0.3) is 21.7 Å². The van der Waals surface area contributed by atoms with E-state index in [0.29, 0.717) is 16.5 Å². The standard InChI is InChI=1S/C20H13NO4/c22-14-8-6-12-7-9-18-16(15(12)10-14)11-17(20(24)25-18)21-19(23)13-4-2-1-3-5-13/h1-11,22H,(H,21,23). The van der Waals surface area contributed by atoms with E-state index in [2.05, 4.69) is 5.32 Å². The SMILES string of the molecule is O=C(Nc1cc2c(ccc3ccc(O)cc32)oc1=O)c1ccccc1. The maximum Gasteiger partial charge on any atom is 0.360 e. The molecule has 0 spiro atoms. The monoisotopic (exact) mass is 331 g/mol. The van der Waals surface area contributed by atoms with Crippen molar-refractivity contribution in [3.63, 3.8) is 0 Å². The zero-order valence-corrected chi connectivity index (χ0v) is 13.0. The Labute approximate surface area is 142 Å². The van der Waals surface area contributed by atoms with Crippen LogP contribution >= 0.6 is 0 Å². The van der Waals surface area contributed by atoms with Crippen molar-refractivity contribution in [3.05, 3.63) is 82.7 Å². The molecule has 0 aliphatic rings. The van der Waals surface area contributed by atoms with E-state index >= 15 is 0 Å². The van der Waals surface area contributed by atoms with Crippen molar-refractivity contribution in [1.82, 2.24) is 0 Å². The van der Waals surface area contributed by atoms with E-state index in [4.69, 9.17) is 4.42 Å². The van der Waals surface area contributed by atoms with Gasteiger partial charge in [-0.05, 0) is 47.2 Å². The van der Waals surface area contributed by atoms with Gasteiger partial charge in [-0.1, -0.05) is 30.3 Å². The highest BCUT2D eigenvalue weighted by Crippen LogP contribution is 2.29. The number of carbonyl (C=O) groups is 1. The Bertz CT molecular complexity index is 1160. The van der Waals surface area contributed by atoms with Crippen LogP contribution in [0, 0.1) is 0 Å². The fraction of sp³-hybridized carbons (Fsp3) is 0. The molecule has 1 amide bonds. The van der Waals surface area contributed by atoms with E-state index in [1.54, 1.807) is 60.7 Å². The summed E-state index contributed by atoms with van der Waals surface area (Å²) in [7, 11) is 0. The van der Waals surface area contributed by atoms with Gasteiger partial charge in [0.1, 0.15) is 17.0 Å². The Morgan fingerprint density at radius 1 is 0.920 bits per heavy atom. The lowest BCUT2D eigenvalue weighted by Crippen LogP contribution is -2.17. The minimum atomic E-state index is -0.628. The van der Waals surface area contributed by atoms with E-state index in [0.717, 1.165) is 10.8 Å². The molecule has 4 rings (SSSR count). The third-order valence-corrected chi connectivity index (χ3v) is 4.00. The van der Waals surface area contributed by atoms with Gasteiger partial charge in [-0.2, -0.15) is 0 Å². The normalized spacial score (nSPS) is 10.9. The Morgan fingerprint density at radius 3 is 2.48 bits per heavy atom. The Hall–Kier alpha value is -3.60. The first-order valence-corrected chi connectivity index (χ1v) is 7.68. The lowest BCUT2D eigenvalue weighted by molar-refractivity contribution is 0.102. The lowest BCUT2D eigenvalue weighted by atomic mass is 10.1. The van der Waals surface area contributed by atoms with Gasteiger partial charge in [0.25, 0.3) is 5.91 Å². The minimum Gasteiger partial charge on any atom is -0.508 e. The summed E-state index contributed by atoms with van der Waals surface area (Å²) >= 11 is 0. The van der Waals surface area contributed by atoms with E-state index in [1.807, 2.05) is 6.07 Å². The van der Waals surface area contributed by atoms with Gasteiger partial charge in [-0.15, -0.1) is 0 Å². The molecule has 3 aromatic carbocycles. The molecule has 25 heavy (non-hydrogen) atoms. The third-order valence-electron chi connectivity index (χ3n) is 4.00. The largest absolute Gasteiger partial charge is 0.508 e. The van der Waals surface area contributed by atoms with Crippen molar-refractivity contribution in [2.75, 3.05) is 5.32 Å². The number of hydrogen-bond acceptors (Lipinski definition) is 4. The van der Waals surface area contributed by atoms with Gasteiger partial charge in [0.05, 0.1) is 0 Å². The van der Waals surface area contributed by atoms with Gasteiger partial charge in [-0.25, -0.2) is 4.79 Å². The second-order valence-corrected chi connectivity index (χ2v) is 5.65. The fourth-order valence-electron chi connectivity index (χ4n) is 2.78. The molecule has 4 aromatic rings. The summed E-state index contributed by atoms with van der Waals surface area (Å²) < 4.78 is 5.33. The smallest absolute Gasteiger partial charge is 0.360 e. The van der Waals surface area contributed by atoms with Crippen LogP contribution in [0.4, 0.5) is 5.69 Å². The van der Waals surface area contributed by atoms with Crippen molar-refractivity contribution in [1.29, 1.82) is 0 Å². The fourth-order valence-corrected chi connectivity index (χ4v) is 2.78. The highest BCUT2D eigenvalue weighted by Gasteiger charge is 2.12. The van der Waals surface area contributed by atoms with Crippen molar-refractivity contribution in [2.24, 2.45) is 0 Å². The van der Waals surface area contributed by atoms with Gasteiger partial charge < -0.3 is 14.8 Å². The summed E-state index contributed by atoms with van der Waals surface area (Å²) in [6.45, 7) is 0. The van der Waals surface area contributed by atoms with E-state index in [1.165, 1.54) is 0 Å². The van der Waals surface area contributed by atoms with E-state index < -0.39 is 11.5 Å². The molecule has 0 aliphatic carbocycles. The number of nitrogens with one attached hydrogen (secondary N) is 1. The number of carbonyl (C=O) groups excluding carboxylic acids is 1. The predicted molar refractivity (Wildman–Crippen MR) is 96.0 cm³/mol. The summed E-state index contributed by atoms with van der Waals surface area (Å²) in [6, 6.07) is 18.6.